The van der Waals surface area contributed by atoms with Gasteiger partial charge in [-0.15, -0.1) is 0 Å². The van der Waals surface area contributed by atoms with E-state index < -0.39 is 57.1 Å². The lowest BCUT2D eigenvalue weighted by Crippen LogP contribution is -2.40. The van der Waals surface area contributed by atoms with Crippen molar-refractivity contribution in [3.8, 4) is 0 Å². The Balaban J connectivity index is 3.00. The molecule has 25 heavy (non-hydrogen) atoms. The topological polar surface area (TPSA) is 124 Å². The fourth-order valence-corrected chi connectivity index (χ4v) is 4.14. The summed E-state index contributed by atoms with van der Waals surface area (Å²) in [6.07, 6.45) is -3.88. The molecule has 1 saturated heterocycles. The van der Waals surface area contributed by atoms with Crippen molar-refractivity contribution >= 4 is 26.8 Å². The van der Waals surface area contributed by atoms with Gasteiger partial charge in [-0.05, 0) is 13.8 Å². The van der Waals surface area contributed by atoms with Gasteiger partial charge in [-0.25, -0.2) is 0 Å². The van der Waals surface area contributed by atoms with Gasteiger partial charge in [-0.3, -0.25) is 18.7 Å². The number of Topliss-reactive ketones (excluding diaryl/α,β-unsaturated/α-hetero) is 2. The van der Waals surface area contributed by atoms with E-state index in [1.54, 1.807) is 0 Å². The summed E-state index contributed by atoms with van der Waals surface area (Å²) in [4.78, 5) is 24.9. The minimum absolute atomic E-state index is 0.597. The number of carbonyl (C=O) groups excluding carboxylic acids is 2. The lowest BCUT2D eigenvalue weighted by molar-refractivity contribution is -0.157. The van der Waals surface area contributed by atoms with Crippen molar-refractivity contribution in [1.82, 2.24) is 0 Å². The predicted octanol–water partition coefficient (Wildman–Crippen LogP) is 1.62. The van der Waals surface area contributed by atoms with E-state index >= 15 is 0 Å². The molecule has 1 rings (SSSR count). The molecule has 0 spiro atoms. The van der Waals surface area contributed by atoms with Gasteiger partial charge >= 0.3 is 15.2 Å². The number of hydrogen-bond donors (Lipinski definition) is 0. The summed E-state index contributed by atoms with van der Waals surface area (Å²) in [5, 5.41) is 0. The summed E-state index contributed by atoms with van der Waals surface area (Å²) in [6, 6.07) is 0. The van der Waals surface area contributed by atoms with Gasteiger partial charge in [0.15, 0.2) is 29.6 Å². The van der Waals surface area contributed by atoms with Crippen LogP contribution in [-0.2, 0) is 46.3 Å². The van der Waals surface area contributed by atoms with Crippen molar-refractivity contribution < 1.29 is 46.3 Å². The van der Waals surface area contributed by atoms with Crippen LogP contribution in [0.3, 0.4) is 0 Å². The fourth-order valence-electron chi connectivity index (χ4n) is 2.20. The molecule has 0 aromatic carbocycles. The zero-order valence-electron chi connectivity index (χ0n) is 15.0. The molecule has 1 aliphatic rings. The quantitative estimate of drug-likeness (QED) is 0.498. The van der Waals surface area contributed by atoms with E-state index in [-0.39, 0.29) is 0 Å². The zero-order chi connectivity index (χ0) is 19.5. The van der Waals surface area contributed by atoms with Crippen molar-refractivity contribution in [3.63, 3.8) is 0 Å². The molecule has 2 atom stereocenters. The Labute approximate surface area is 146 Å². The van der Waals surface area contributed by atoms with E-state index in [2.05, 4.69) is 0 Å². The van der Waals surface area contributed by atoms with Crippen LogP contribution in [0.25, 0.3) is 0 Å². The summed E-state index contributed by atoms with van der Waals surface area (Å²) in [5.74, 6) is -2.63. The van der Waals surface area contributed by atoms with Crippen molar-refractivity contribution in [2.24, 2.45) is 0 Å². The number of ketones is 2. The molecule has 1 aliphatic heterocycles. The van der Waals surface area contributed by atoms with Gasteiger partial charge in [0.1, 0.15) is 12.3 Å². The first-order valence-corrected chi connectivity index (χ1v) is 10.7. The Morgan fingerprint density at radius 3 is 1.32 bits per heavy atom. The molecular weight excluding hydrogens is 378 g/mol. The van der Waals surface area contributed by atoms with Crippen LogP contribution in [-0.4, -0.2) is 70.3 Å². The van der Waals surface area contributed by atoms with Crippen LogP contribution in [0.5, 0.6) is 0 Å². The van der Waals surface area contributed by atoms with E-state index in [0.29, 0.717) is 0 Å². The average Bonchev–Trinajstić information content (AvgIpc) is 2.90. The van der Waals surface area contributed by atoms with E-state index in [0.717, 1.165) is 28.4 Å². The smallest absolute Gasteiger partial charge is 0.336 e. The molecule has 12 heteroatoms. The molecule has 1 heterocycles. The van der Waals surface area contributed by atoms with Crippen LogP contribution in [0, 0.1) is 0 Å². The third kappa shape index (κ3) is 5.77. The molecule has 0 saturated carbocycles. The number of hydrogen-bond acceptors (Lipinski definition) is 10. The van der Waals surface area contributed by atoms with E-state index in [4.69, 9.17) is 27.6 Å². The Morgan fingerprint density at radius 1 is 0.800 bits per heavy atom. The lowest BCUT2D eigenvalue weighted by Gasteiger charge is -2.19. The van der Waals surface area contributed by atoms with Crippen molar-refractivity contribution in [3.05, 3.63) is 0 Å². The van der Waals surface area contributed by atoms with E-state index in [9.17, 15) is 18.7 Å². The van der Waals surface area contributed by atoms with Gasteiger partial charge in [0.2, 0.25) is 0 Å². The summed E-state index contributed by atoms with van der Waals surface area (Å²) in [7, 11) is -2.71. The number of carbonyl (C=O) groups is 2. The van der Waals surface area contributed by atoms with Gasteiger partial charge in [0.25, 0.3) is 0 Å². The molecule has 0 aromatic rings. The second-order valence-corrected chi connectivity index (χ2v) is 10.2. The highest BCUT2D eigenvalue weighted by molar-refractivity contribution is 7.55. The molecule has 0 aliphatic carbocycles. The third-order valence-corrected chi connectivity index (χ3v) is 7.17. The minimum Gasteiger partial charge on any atom is -0.336 e. The van der Waals surface area contributed by atoms with E-state index in [1.807, 2.05) is 0 Å². The van der Waals surface area contributed by atoms with Crippen LogP contribution in [0.2, 0.25) is 0 Å². The van der Waals surface area contributed by atoms with Crippen LogP contribution in [0.15, 0.2) is 0 Å². The molecule has 0 N–H and O–H groups in total. The lowest BCUT2D eigenvalue weighted by atomic mass is 10.1. The van der Waals surface area contributed by atoms with Gasteiger partial charge in [-0.2, -0.15) is 0 Å². The SMILES string of the molecule is COP(=O)(CC(=O)[C@@H]1OC(C)(C)O[C@H]1C(=O)CP(=O)(OC)OC)OC. The molecule has 0 bridgehead atoms. The standard InChI is InChI=1S/C13H24O10P2/c1-13(2)22-11(9(14)7-24(16,18-3)19-4)12(23-13)10(15)8-25(17,20-5)21-6/h11-12H,7-8H2,1-6H3/t11-,12-/m0/s1. The highest BCUT2D eigenvalue weighted by Crippen LogP contribution is 2.49. The molecule has 0 aromatic heterocycles. The molecular formula is C13H24O10P2. The molecule has 10 nitrogen and oxygen atoms in total. The molecule has 0 amide bonds. The first-order valence-electron chi connectivity index (χ1n) is 7.27. The van der Waals surface area contributed by atoms with Gasteiger partial charge in [-0.1, -0.05) is 0 Å². The van der Waals surface area contributed by atoms with Gasteiger partial charge in [0.05, 0.1) is 0 Å². The van der Waals surface area contributed by atoms with Crippen molar-refractivity contribution in [2.45, 2.75) is 31.8 Å². The normalized spacial score (nSPS) is 23.6. The molecule has 0 unspecified atom stereocenters. The Kier molecular flexibility index (Phi) is 7.68. The van der Waals surface area contributed by atoms with Crippen molar-refractivity contribution in [1.29, 1.82) is 0 Å². The second kappa shape index (κ2) is 8.50. The Morgan fingerprint density at radius 2 is 1.08 bits per heavy atom. The van der Waals surface area contributed by atoms with Crippen LogP contribution >= 0.6 is 15.2 Å². The second-order valence-electron chi connectivity index (χ2n) is 5.68. The Hall–Kier alpha value is -0.440. The summed E-state index contributed by atoms with van der Waals surface area (Å²) in [6.45, 7) is 3.03. The fraction of sp³-hybridized carbons (Fsp3) is 0.846. The van der Waals surface area contributed by atoms with Gasteiger partial charge < -0.3 is 27.6 Å². The summed E-state index contributed by atoms with van der Waals surface area (Å²) < 4.78 is 54.1. The Bertz CT molecular complexity index is 536. The largest absolute Gasteiger partial charge is 0.337 e. The number of ether oxygens (including phenoxy) is 2. The number of rotatable bonds is 10. The maximum atomic E-state index is 12.5. The first-order chi connectivity index (χ1) is 11.4. The minimum atomic E-state index is -3.64. The van der Waals surface area contributed by atoms with Crippen LogP contribution in [0.4, 0.5) is 0 Å². The summed E-state index contributed by atoms with van der Waals surface area (Å²) >= 11 is 0. The maximum absolute atomic E-state index is 12.5. The third-order valence-electron chi connectivity index (χ3n) is 3.54. The van der Waals surface area contributed by atoms with Gasteiger partial charge in [0, 0.05) is 28.4 Å². The summed E-state index contributed by atoms with van der Waals surface area (Å²) in [5.41, 5.74) is 0. The molecule has 1 fully saturated rings. The molecule has 0 radical (unpaired) electrons. The predicted molar refractivity (Wildman–Crippen MR) is 86.8 cm³/mol. The monoisotopic (exact) mass is 402 g/mol. The van der Waals surface area contributed by atoms with Crippen LogP contribution in [0.1, 0.15) is 13.8 Å². The maximum Gasteiger partial charge on any atom is 0.337 e. The van der Waals surface area contributed by atoms with Crippen molar-refractivity contribution in [2.75, 3.05) is 40.8 Å². The molecule has 146 valence electrons. The van der Waals surface area contributed by atoms with Crippen LogP contribution < -0.4 is 0 Å². The highest BCUT2D eigenvalue weighted by Gasteiger charge is 2.50. The zero-order valence-corrected chi connectivity index (χ0v) is 16.8. The first kappa shape index (κ1) is 22.6. The van der Waals surface area contributed by atoms with E-state index in [1.165, 1.54) is 13.8 Å². The highest BCUT2D eigenvalue weighted by atomic mass is 31.2. The average molecular weight is 402 g/mol.